The van der Waals surface area contributed by atoms with E-state index in [0.717, 1.165) is 24.5 Å². The van der Waals surface area contributed by atoms with Crippen LogP contribution >= 0.6 is 11.3 Å². The molecule has 1 heterocycles. The molecule has 1 atom stereocenters. The van der Waals surface area contributed by atoms with Crippen LogP contribution in [0, 0.1) is 0 Å². The third-order valence-corrected chi connectivity index (χ3v) is 3.96. The van der Waals surface area contributed by atoms with Crippen molar-refractivity contribution in [3.8, 4) is 0 Å². The number of nitrogens with one attached hydrogen (secondary N) is 1. The number of anilines is 1. The van der Waals surface area contributed by atoms with Gasteiger partial charge in [0.1, 0.15) is 0 Å². The van der Waals surface area contributed by atoms with Gasteiger partial charge in [0.05, 0.1) is 5.69 Å². The van der Waals surface area contributed by atoms with Gasteiger partial charge in [0.2, 0.25) is 0 Å². The topological polar surface area (TPSA) is 126 Å². The van der Waals surface area contributed by atoms with E-state index < -0.39 is 11.9 Å². The molecule has 0 amide bonds. The number of nitrogens with zero attached hydrogens (tertiary/aromatic N) is 1. The number of hydrogen-bond acceptors (Lipinski definition) is 6. The van der Waals surface area contributed by atoms with Gasteiger partial charge in [-0.05, 0) is 32.2 Å². The summed E-state index contributed by atoms with van der Waals surface area (Å²) in [5.41, 5.74) is 6.93. The normalized spacial score (nSPS) is 16.7. The van der Waals surface area contributed by atoms with Gasteiger partial charge >= 0.3 is 11.9 Å². The average molecular weight is 327 g/mol. The van der Waals surface area contributed by atoms with Gasteiger partial charge in [0.25, 0.3) is 0 Å². The standard InChI is InChI=1S/C10H17N3S.C4H4O4/c1-2-5-12-7-3-4-8-9(6-7)14-10(11)13-8;5-3(6)1-2-4(7)8/h7,12H,2-6H2,1H3,(H2,11,13);1-2H,(H,5,6)(H,7,8)/b;2-1+. The summed E-state index contributed by atoms with van der Waals surface area (Å²) in [6, 6.07) is 0.641. The second kappa shape index (κ2) is 9.16. The molecular weight excluding hydrogens is 306 g/mol. The minimum absolute atomic E-state index is 0.558. The summed E-state index contributed by atoms with van der Waals surface area (Å²) < 4.78 is 0. The molecule has 0 fully saturated rings. The molecule has 1 aliphatic rings. The fourth-order valence-corrected chi connectivity index (χ4v) is 3.02. The highest BCUT2D eigenvalue weighted by Crippen LogP contribution is 2.27. The van der Waals surface area contributed by atoms with Crippen LogP contribution in [0.25, 0.3) is 0 Å². The van der Waals surface area contributed by atoms with Gasteiger partial charge < -0.3 is 21.3 Å². The van der Waals surface area contributed by atoms with Gasteiger partial charge in [0.15, 0.2) is 5.13 Å². The number of carbonyl (C=O) groups is 2. The maximum absolute atomic E-state index is 9.55. The highest BCUT2D eigenvalue weighted by Gasteiger charge is 2.21. The van der Waals surface area contributed by atoms with E-state index in [1.807, 2.05) is 0 Å². The van der Waals surface area contributed by atoms with Crippen molar-refractivity contribution in [2.45, 2.75) is 38.6 Å². The van der Waals surface area contributed by atoms with Crippen molar-refractivity contribution in [3.05, 3.63) is 22.7 Å². The smallest absolute Gasteiger partial charge is 0.328 e. The van der Waals surface area contributed by atoms with Crippen molar-refractivity contribution in [2.24, 2.45) is 0 Å². The molecule has 5 N–H and O–H groups in total. The van der Waals surface area contributed by atoms with Gasteiger partial charge in [-0.1, -0.05) is 6.92 Å². The van der Waals surface area contributed by atoms with E-state index in [9.17, 15) is 9.59 Å². The Kier molecular flexibility index (Phi) is 7.55. The molecule has 0 saturated carbocycles. The molecule has 22 heavy (non-hydrogen) atoms. The van der Waals surface area contributed by atoms with Crippen LogP contribution in [0.1, 0.15) is 30.3 Å². The van der Waals surface area contributed by atoms with Crippen molar-refractivity contribution in [2.75, 3.05) is 12.3 Å². The summed E-state index contributed by atoms with van der Waals surface area (Å²) in [7, 11) is 0. The SMILES string of the molecule is CCCNC1CCc2nc(N)sc2C1.O=C(O)/C=C/C(=O)O. The predicted molar refractivity (Wildman–Crippen MR) is 85.0 cm³/mol. The summed E-state index contributed by atoms with van der Waals surface area (Å²) >= 11 is 1.65. The number of carboxylic acid groups (broad SMARTS) is 2. The molecule has 0 spiro atoms. The first-order chi connectivity index (χ1) is 10.4. The van der Waals surface area contributed by atoms with Gasteiger partial charge in [0, 0.05) is 23.1 Å². The van der Waals surface area contributed by atoms with E-state index in [1.165, 1.54) is 23.4 Å². The summed E-state index contributed by atoms with van der Waals surface area (Å²) in [4.78, 5) is 24.8. The Labute approximate surface area is 132 Å². The molecule has 8 heteroatoms. The number of aliphatic carboxylic acids is 2. The van der Waals surface area contributed by atoms with Crippen molar-refractivity contribution < 1.29 is 19.8 Å². The summed E-state index contributed by atoms with van der Waals surface area (Å²) in [5.74, 6) is -2.51. The Morgan fingerprint density at radius 3 is 2.59 bits per heavy atom. The lowest BCUT2D eigenvalue weighted by molar-refractivity contribution is -0.134. The molecule has 1 aromatic rings. The monoisotopic (exact) mass is 327 g/mol. The number of nitrogens with two attached hydrogens (primary N) is 1. The zero-order valence-corrected chi connectivity index (χ0v) is 13.2. The number of nitrogen functional groups attached to an aromatic ring is 1. The van der Waals surface area contributed by atoms with Crippen LogP contribution in [0.2, 0.25) is 0 Å². The van der Waals surface area contributed by atoms with Crippen LogP contribution in [0.15, 0.2) is 12.2 Å². The third kappa shape index (κ3) is 6.68. The van der Waals surface area contributed by atoms with Crippen LogP contribution in [0.5, 0.6) is 0 Å². The molecule has 0 saturated heterocycles. The van der Waals surface area contributed by atoms with Crippen LogP contribution in [-0.2, 0) is 22.4 Å². The molecule has 1 aromatic heterocycles. The average Bonchev–Trinajstić information content (AvgIpc) is 2.82. The van der Waals surface area contributed by atoms with E-state index in [0.29, 0.717) is 18.2 Å². The maximum atomic E-state index is 9.55. The lowest BCUT2D eigenvalue weighted by Crippen LogP contribution is -2.34. The molecule has 0 aromatic carbocycles. The van der Waals surface area contributed by atoms with Gasteiger partial charge in [-0.3, -0.25) is 0 Å². The summed E-state index contributed by atoms with van der Waals surface area (Å²) in [5, 5.41) is 19.9. The first-order valence-corrected chi connectivity index (χ1v) is 7.85. The van der Waals surface area contributed by atoms with Crippen molar-refractivity contribution in [1.82, 2.24) is 10.3 Å². The second-order valence-electron chi connectivity index (χ2n) is 4.83. The number of carboxylic acids is 2. The summed E-state index contributed by atoms with van der Waals surface area (Å²) in [6.07, 6.45) is 5.73. The Morgan fingerprint density at radius 2 is 2.05 bits per heavy atom. The zero-order chi connectivity index (χ0) is 16.5. The third-order valence-electron chi connectivity index (χ3n) is 3.01. The van der Waals surface area contributed by atoms with Gasteiger partial charge in [-0.25, -0.2) is 14.6 Å². The van der Waals surface area contributed by atoms with E-state index >= 15 is 0 Å². The van der Waals surface area contributed by atoms with Crippen LogP contribution in [0.4, 0.5) is 5.13 Å². The number of thiazole rings is 1. The highest BCUT2D eigenvalue weighted by atomic mass is 32.1. The first kappa shape index (κ1) is 18.1. The lowest BCUT2D eigenvalue weighted by Gasteiger charge is -2.21. The van der Waals surface area contributed by atoms with Crippen LogP contribution in [-0.4, -0.2) is 39.7 Å². The fraction of sp³-hybridized carbons (Fsp3) is 0.500. The van der Waals surface area contributed by atoms with E-state index in [4.69, 9.17) is 15.9 Å². The molecule has 0 bridgehead atoms. The number of aromatic nitrogens is 1. The minimum Gasteiger partial charge on any atom is -0.478 e. The quantitative estimate of drug-likeness (QED) is 0.600. The number of rotatable bonds is 5. The molecule has 122 valence electrons. The fourth-order valence-electron chi connectivity index (χ4n) is 2.06. The Bertz CT molecular complexity index is 526. The molecule has 1 aliphatic carbocycles. The Balaban J connectivity index is 0.000000261. The molecule has 0 aliphatic heterocycles. The molecule has 7 nitrogen and oxygen atoms in total. The van der Waals surface area contributed by atoms with E-state index in [2.05, 4.69) is 17.2 Å². The zero-order valence-electron chi connectivity index (χ0n) is 12.4. The number of hydrogen-bond donors (Lipinski definition) is 4. The van der Waals surface area contributed by atoms with Gasteiger partial charge in [-0.2, -0.15) is 0 Å². The van der Waals surface area contributed by atoms with Crippen molar-refractivity contribution in [3.63, 3.8) is 0 Å². The second-order valence-corrected chi connectivity index (χ2v) is 5.94. The molecule has 2 rings (SSSR count). The van der Waals surface area contributed by atoms with Crippen molar-refractivity contribution in [1.29, 1.82) is 0 Å². The van der Waals surface area contributed by atoms with E-state index in [-0.39, 0.29) is 0 Å². The minimum atomic E-state index is -1.26. The number of aryl methyl sites for hydroxylation is 1. The first-order valence-electron chi connectivity index (χ1n) is 7.03. The maximum Gasteiger partial charge on any atom is 0.328 e. The lowest BCUT2D eigenvalue weighted by atomic mass is 9.98. The van der Waals surface area contributed by atoms with Crippen LogP contribution in [0.3, 0.4) is 0 Å². The van der Waals surface area contributed by atoms with E-state index in [1.54, 1.807) is 11.3 Å². The molecular formula is C14H21N3O4S. The molecule has 0 radical (unpaired) electrons. The van der Waals surface area contributed by atoms with Gasteiger partial charge in [-0.15, -0.1) is 11.3 Å². The number of fused-ring (bicyclic) bond motifs is 1. The summed E-state index contributed by atoms with van der Waals surface area (Å²) in [6.45, 7) is 3.32. The predicted octanol–water partition coefficient (Wildman–Crippen LogP) is 1.29. The molecule has 1 unspecified atom stereocenters. The van der Waals surface area contributed by atoms with Crippen molar-refractivity contribution >= 4 is 28.4 Å². The Hall–Kier alpha value is -1.93. The highest BCUT2D eigenvalue weighted by molar-refractivity contribution is 7.15. The van der Waals surface area contributed by atoms with Crippen LogP contribution < -0.4 is 11.1 Å². The Morgan fingerprint density at radius 1 is 1.41 bits per heavy atom. The largest absolute Gasteiger partial charge is 0.478 e.